The Kier molecular flexibility index (Phi) is 2.71. The number of carbonyl (C=O) groups is 1. The zero-order chi connectivity index (χ0) is 10.1. The van der Waals surface area contributed by atoms with E-state index in [4.69, 9.17) is 0 Å². The fraction of sp³-hybridized carbons (Fsp3) is 0.300. The van der Waals surface area contributed by atoms with Crippen LogP contribution >= 0.6 is 22.6 Å². The lowest BCUT2D eigenvalue weighted by molar-refractivity contribution is -0.119. The standard InChI is InChI=1S/C10H9FINO/c11-6-2-1-3-7(12)10(6)8-4-5-9(14)13-8/h1-3,8H,4-5H2,(H,13,14). The normalized spacial score (nSPS) is 21.0. The van der Waals surface area contributed by atoms with E-state index in [-0.39, 0.29) is 17.8 Å². The number of nitrogens with one attached hydrogen (secondary N) is 1. The Morgan fingerprint density at radius 2 is 2.29 bits per heavy atom. The first-order valence-corrected chi connectivity index (χ1v) is 5.49. The molecule has 74 valence electrons. The Morgan fingerprint density at radius 3 is 2.86 bits per heavy atom. The zero-order valence-electron chi connectivity index (χ0n) is 7.39. The molecule has 0 aliphatic carbocycles. The molecule has 0 radical (unpaired) electrons. The number of hydrogen-bond acceptors (Lipinski definition) is 1. The highest BCUT2D eigenvalue weighted by atomic mass is 127. The monoisotopic (exact) mass is 305 g/mol. The molecule has 0 spiro atoms. The Hall–Kier alpha value is -0.650. The van der Waals surface area contributed by atoms with E-state index in [0.29, 0.717) is 18.4 Å². The van der Waals surface area contributed by atoms with Crippen LogP contribution in [0.25, 0.3) is 0 Å². The minimum absolute atomic E-state index is 0.00838. The topological polar surface area (TPSA) is 29.1 Å². The van der Waals surface area contributed by atoms with E-state index >= 15 is 0 Å². The summed E-state index contributed by atoms with van der Waals surface area (Å²) in [5.41, 5.74) is 0.624. The van der Waals surface area contributed by atoms with Gasteiger partial charge in [-0.1, -0.05) is 6.07 Å². The minimum atomic E-state index is -0.232. The first-order valence-electron chi connectivity index (χ1n) is 4.42. The maximum atomic E-state index is 13.5. The Labute approximate surface area is 95.0 Å². The summed E-state index contributed by atoms with van der Waals surface area (Å²) in [7, 11) is 0. The summed E-state index contributed by atoms with van der Waals surface area (Å²) in [6.07, 6.45) is 1.19. The molecular formula is C10H9FINO. The van der Waals surface area contributed by atoms with Crippen LogP contribution < -0.4 is 5.32 Å². The lowest BCUT2D eigenvalue weighted by atomic mass is 10.1. The quantitative estimate of drug-likeness (QED) is 0.793. The van der Waals surface area contributed by atoms with Gasteiger partial charge < -0.3 is 5.32 Å². The molecule has 1 aliphatic rings. The van der Waals surface area contributed by atoms with Crippen molar-refractivity contribution in [1.29, 1.82) is 0 Å². The number of halogens is 2. The van der Waals surface area contributed by atoms with Crippen molar-refractivity contribution in [2.24, 2.45) is 0 Å². The van der Waals surface area contributed by atoms with Gasteiger partial charge in [0.2, 0.25) is 5.91 Å². The van der Waals surface area contributed by atoms with Crippen LogP contribution in [-0.2, 0) is 4.79 Å². The molecule has 1 atom stereocenters. The van der Waals surface area contributed by atoms with Crippen LogP contribution in [0.2, 0.25) is 0 Å². The van der Waals surface area contributed by atoms with Crippen LogP contribution in [-0.4, -0.2) is 5.91 Å². The summed E-state index contributed by atoms with van der Waals surface area (Å²) < 4.78 is 14.3. The summed E-state index contributed by atoms with van der Waals surface area (Å²) >= 11 is 2.09. The zero-order valence-corrected chi connectivity index (χ0v) is 9.55. The van der Waals surface area contributed by atoms with E-state index < -0.39 is 0 Å². The summed E-state index contributed by atoms with van der Waals surface area (Å²) in [5.74, 6) is -0.224. The smallest absolute Gasteiger partial charge is 0.220 e. The van der Waals surface area contributed by atoms with Gasteiger partial charge in [-0.15, -0.1) is 0 Å². The van der Waals surface area contributed by atoms with Crippen molar-refractivity contribution < 1.29 is 9.18 Å². The minimum Gasteiger partial charge on any atom is -0.349 e. The molecule has 14 heavy (non-hydrogen) atoms. The van der Waals surface area contributed by atoms with Gasteiger partial charge in [-0.05, 0) is 41.1 Å². The third-order valence-corrected chi connectivity index (χ3v) is 3.28. The van der Waals surface area contributed by atoms with E-state index in [2.05, 4.69) is 27.9 Å². The molecule has 2 rings (SSSR count). The van der Waals surface area contributed by atoms with Crippen molar-refractivity contribution >= 4 is 28.5 Å². The predicted octanol–water partition coefficient (Wildman–Crippen LogP) is 2.38. The number of amides is 1. The van der Waals surface area contributed by atoms with E-state index in [0.717, 1.165) is 3.57 Å². The van der Waals surface area contributed by atoms with Crippen LogP contribution in [0.1, 0.15) is 24.4 Å². The molecule has 1 N–H and O–H groups in total. The summed E-state index contributed by atoms with van der Waals surface area (Å²) in [6.45, 7) is 0. The van der Waals surface area contributed by atoms with Crippen molar-refractivity contribution in [3.8, 4) is 0 Å². The van der Waals surface area contributed by atoms with Crippen LogP contribution in [0.5, 0.6) is 0 Å². The molecule has 2 nitrogen and oxygen atoms in total. The largest absolute Gasteiger partial charge is 0.349 e. The molecule has 1 fully saturated rings. The Morgan fingerprint density at radius 1 is 1.50 bits per heavy atom. The van der Waals surface area contributed by atoms with Crippen molar-refractivity contribution in [3.05, 3.63) is 33.1 Å². The lowest BCUT2D eigenvalue weighted by Gasteiger charge is -2.13. The van der Waals surface area contributed by atoms with E-state index in [9.17, 15) is 9.18 Å². The number of benzene rings is 1. The van der Waals surface area contributed by atoms with Gasteiger partial charge in [0.1, 0.15) is 5.82 Å². The first kappa shape index (κ1) is 9.89. The number of rotatable bonds is 1. The van der Waals surface area contributed by atoms with Crippen molar-refractivity contribution in [2.45, 2.75) is 18.9 Å². The molecule has 1 unspecified atom stereocenters. The van der Waals surface area contributed by atoms with Crippen molar-refractivity contribution in [1.82, 2.24) is 5.32 Å². The maximum Gasteiger partial charge on any atom is 0.220 e. The Bertz CT molecular complexity index is 360. The second-order valence-electron chi connectivity index (χ2n) is 3.29. The predicted molar refractivity (Wildman–Crippen MR) is 59.2 cm³/mol. The molecule has 1 saturated heterocycles. The third-order valence-electron chi connectivity index (χ3n) is 2.34. The van der Waals surface area contributed by atoms with Gasteiger partial charge in [-0.2, -0.15) is 0 Å². The molecular weight excluding hydrogens is 296 g/mol. The molecule has 4 heteroatoms. The van der Waals surface area contributed by atoms with Crippen molar-refractivity contribution in [3.63, 3.8) is 0 Å². The van der Waals surface area contributed by atoms with Gasteiger partial charge in [-0.25, -0.2) is 4.39 Å². The van der Waals surface area contributed by atoms with Crippen LogP contribution in [0.3, 0.4) is 0 Å². The highest BCUT2D eigenvalue weighted by Gasteiger charge is 2.26. The second kappa shape index (κ2) is 3.84. The van der Waals surface area contributed by atoms with Gasteiger partial charge in [-0.3, -0.25) is 4.79 Å². The maximum absolute atomic E-state index is 13.5. The van der Waals surface area contributed by atoms with Gasteiger partial charge >= 0.3 is 0 Å². The van der Waals surface area contributed by atoms with Gasteiger partial charge in [0, 0.05) is 15.6 Å². The highest BCUT2D eigenvalue weighted by Crippen LogP contribution is 2.29. The number of hydrogen-bond donors (Lipinski definition) is 1. The van der Waals surface area contributed by atoms with E-state index in [1.54, 1.807) is 6.07 Å². The number of carbonyl (C=O) groups excluding carboxylic acids is 1. The van der Waals surface area contributed by atoms with Crippen LogP contribution in [0.4, 0.5) is 4.39 Å². The van der Waals surface area contributed by atoms with E-state index in [1.807, 2.05) is 6.07 Å². The average molecular weight is 305 g/mol. The SMILES string of the molecule is O=C1CCC(c2c(F)cccc2I)N1. The van der Waals surface area contributed by atoms with Crippen LogP contribution in [0, 0.1) is 9.39 Å². The first-order chi connectivity index (χ1) is 6.68. The molecule has 1 aliphatic heterocycles. The summed E-state index contributed by atoms with van der Waals surface area (Å²) in [4.78, 5) is 11.0. The molecule has 1 aromatic rings. The molecule has 1 aromatic carbocycles. The Balaban J connectivity index is 2.36. The third kappa shape index (κ3) is 1.75. The molecule has 1 heterocycles. The molecule has 0 aromatic heterocycles. The fourth-order valence-corrected chi connectivity index (χ4v) is 2.52. The fourth-order valence-electron chi connectivity index (χ4n) is 1.67. The van der Waals surface area contributed by atoms with Crippen molar-refractivity contribution in [2.75, 3.05) is 0 Å². The highest BCUT2D eigenvalue weighted by molar-refractivity contribution is 14.1. The van der Waals surface area contributed by atoms with Gasteiger partial charge in [0.15, 0.2) is 0 Å². The summed E-state index contributed by atoms with van der Waals surface area (Å²) in [6, 6.07) is 4.82. The molecule has 0 saturated carbocycles. The van der Waals surface area contributed by atoms with Crippen LogP contribution in [0.15, 0.2) is 18.2 Å². The average Bonchev–Trinajstić information content (AvgIpc) is 2.51. The second-order valence-corrected chi connectivity index (χ2v) is 4.46. The molecule has 0 bridgehead atoms. The lowest BCUT2D eigenvalue weighted by Crippen LogP contribution is -2.20. The molecule has 1 amide bonds. The van der Waals surface area contributed by atoms with Gasteiger partial charge in [0.25, 0.3) is 0 Å². The van der Waals surface area contributed by atoms with Gasteiger partial charge in [0.05, 0.1) is 6.04 Å². The van der Waals surface area contributed by atoms with E-state index in [1.165, 1.54) is 6.07 Å². The summed E-state index contributed by atoms with van der Waals surface area (Å²) in [5, 5.41) is 2.77.